The van der Waals surface area contributed by atoms with Crippen LogP contribution in [0.3, 0.4) is 0 Å². The highest BCUT2D eigenvalue weighted by molar-refractivity contribution is 4.90. The summed E-state index contributed by atoms with van der Waals surface area (Å²) in [6.45, 7) is 7.32. The largest absolute Gasteiger partial charge is 0.339 e. The van der Waals surface area contributed by atoms with Gasteiger partial charge in [0.15, 0.2) is 5.82 Å². The molecule has 0 unspecified atom stereocenters. The minimum atomic E-state index is 0.326. The molecular formula is C11H19N3O. The maximum Gasteiger partial charge on any atom is 0.229 e. The Labute approximate surface area is 90.7 Å². The van der Waals surface area contributed by atoms with Gasteiger partial charge in [0.2, 0.25) is 5.89 Å². The van der Waals surface area contributed by atoms with Crippen LogP contribution in [0.4, 0.5) is 0 Å². The van der Waals surface area contributed by atoms with E-state index in [0.29, 0.717) is 5.92 Å². The lowest BCUT2D eigenvalue weighted by Crippen LogP contribution is -2.29. The van der Waals surface area contributed by atoms with Crippen LogP contribution in [0.5, 0.6) is 0 Å². The summed E-state index contributed by atoms with van der Waals surface area (Å²) in [7, 11) is 0. The average molecular weight is 209 g/mol. The van der Waals surface area contributed by atoms with E-state index in [0.717, 1.165) is 18.3 Å². The first-order valence-corrected chi connectivity index (χ1v) is 5.80. The number of hydrogen-bond acceptors (Lipinski definition) is 4. The summed E-state index contributed by atoms with van der Waals surface area (Å²) in [5.74, 6) is 1.91. The Morgan fingerprint density at radius 2 is 2.00 bits per heavy atom. The van der Waals surface area contributed by atoms with Crippen molar-refractivity contribution in [2.75, 3.05) is 13.1 Å². The number of likely N-dealkylation sites (tertiary alicyclic amines) is 1. The van der Waals surface area contributed by atoms with E-state index in [1.165, 1.54) is 32.4 Å². The van der Waals surface area contributed by atoms with Crippen LogP contribution in [-0.2, 0) is 6.54 Å². The number of piperidine rings is 1. The van der Waals surface area contributed by atoms with Crippen molar-refractivity contribution in [3.63, 3.8) is 0 Å². The van der Waals surface area contributed by atoms with E-state index in [1.54, 1.807) is 0 Å². The molecule has 0 bridgehead atoms. The number of aromatic nitrogens is 2. The molecule has 0 spiro atoms. The van der Waals surface area contributed by atoms with Gasteiger partial charge in [0.25, 0.3) is 0 Å². The van der Waals surface area contributed by atoms with Gasteiger partial charge in [-0.05, 0) is 25.9 Å². The number of nitrogens with zero attached hydrogens (tertiary/aromatic N) is 3. The van der Waals surface area contributed by atoms with Crippen molar-refractivity contribution in [2.45, 2.75) is 45.6 Å². The number of hydrogen-bond donors (Lipinski definition) is 0. The molecule has 2 heterocycles. The Morgan fingerprint density at radius 3 is 2.60 bits per heavy atom. The fourth-order valence-electron chi connectivity index (χ4n) is 1.88. The monoisotopic (exact) mass is 209 g/mol. The Hall–Kier alpha value is -0.900. The maximum absolute atomic E-state index is 5.18. The zero-order valence-corrected chi connectivity index (χ0v) is 9.57. The van der Waals surface area contributed by atoms with E-state index < -0.39 is 0 Å². The first-order chi connectivity index (χ1) is 7.25. The third kappa shape index (κ3) is 2.78. The molecule has 4 heteroatoms. The van der Waals surface area contributed by atoms with Crippen molar-refractivity contribution in [1.82, 2.24) is 15.0 Å². The van der Waals surface area contributed by atoms with Crippen LogP contribution in [0.15, 0.2) is 4.52 Å². The Balaban J connectivity index is 1.91. The van der Waals surface area contributed by atoms with Gasteiger partial charge in [0, 0.05) is 5.92 Å². The second kappa shape index (κ2) is 4.75. The fourth-order valence-corrected chi connectivity index (χ4v) is 1.88. The van der Waals surface area contributed by atoms with Crippen molar-refractivity contribution in [3.8, 4) is 0 Å². The second-order valence-electron chi connectivity index (χ2n) is 4.54. The fraction of sp³-hybridized carbons (Fsp3) is 0.818. The van der Waals surface area contributed by atoms with E-state index in [-0.39, 0.29) is 0 Å². The van der Waals surface area contributed by atoms with Gasteiger partial charge in [0.05, 0.1) is 6.54 Å². The first kappa shape index (κ1) is 10.6. The lowest BCUT2D eigenvalue weighted by atomic mass is 10.1. The molecule has 4 nitrogen and oxygen atoms in total. The minimum absolute atomic E-state index is 0.326. The topological polar surface area (TPSA) is 42.2 Å². The van der Waals surface area contributed by atoms with Crippen LogP contribution in [0.25, 0.3) is 0 Å². The van der Waals surface area contributed by atoms with Crippen LogP contribution in [-0.4, -0.2) is 28.1 Å². The normalized spacial score (nSPS) is 18.6. The Morgan fingerprint density at radius 1 is 1.27 bits per heavy atom. The molecular weight excluding hydrogens is 190 g/mol. The van der Waals surface area contributed by atoms with Gasteiger partial charge >= 0.3 is 0 Å². The lowest BCUT2D eigenvalue weighted by Gasteiger charge is -2.24. The molecule has 2 rings (SSSR count). The molecule has 1 aromatic heterocycles. The smallest absolute Gasteiger partial charge is 0.229 e. The molecule has 0 N–H and O–H groups in total. The lowest BCUT2D eigenvalue weighted by molar-refractivity contribution is 0.213. The summed E-state index contributed by atoms with van der Waals surface area (Å²) in [6.07, 6.45) is 3.96. The van der Waals surface area contributed by atoms with Gasteiger partial charge in [-0.25, -0.2) is 0 Å². The molecule has 1 aromatic rings. The summed E-state index contributed by atoms with van der Waals surface area (Å²) >= 11 is 0. The van der Waals surface area contributed by atoms with Crippen LogP contribution >= 0.6 is 0 Å². The average Bonchev–Trinajstić information content (AvgIpc) is 2.68. The van der Waals surface area contributed by atoms with Gasteiger partial charge < -0.3 is 4.52 Å². The molecule has 1 aliphatic rings. The summed E-state index contributed by atoms with van der Waals surface area (Å²) < 4.78 is 5.18. The second-order valence-corrected chi connectivity index (χ2v) is 4.54. The van der Waals surface area contributed by atoms with Gasteiger partial charge in [-0.1, -0.05) is 25.4 Å². The van der Waals surface area contributed by atoms with Crippen LogP contribution < -0.4 is 0 Å². The summed E-state index contributed by atoms with van der Waals surface area (Å²) in [5.41, 5.74) is 0. The maximum atomic E-state index is 5.18. The van der Waals surface area contributed by atoms with E-state index in [1.807, 2.05) is 0 Å². The molecule has 15 heavy (non-hydrogen) atoms. The highest BCUT2D eigenvalue weighted by atomic mass is 16.5. The number of rotatable bonds is 3. The molecule has 0 saturated carbocycles. The first-order valence-electron chi connectivity index (χ1n) is 5.80. The summed E-state index contributed by atoms with van der Waals surface area (Å²) in [4.78, 5) is 6.79. The summed E-state index contributed by atoms with van der Waals surface area (Å²) in [6, 6.07) is 0. The highest BCUT2D eigenvalue weighted by Crippen LogP contribution is 2.14. The van der Waals surface area contributed by atoms with Gasteiger partial charge in [-0.3, -0.25) is 4.90 Å². The highest BCUT2D eigenvalue weighted by Gasteiger charge is 2.15. The van der Waals surface area contributed by atoms with Crippen molar-refractivity contribution in [2.24, 2.45) is 0 Å². The van der Waals surface area contributed by atoms with E-state index in [9.17, 15) is 0 Å². The Kier molecular flexibility index (Phi) is 3.36. The van der Waals surface area contributed by atoms with Crippen molar-refractivity contribution >= 4 is 0 Å². The van der Waals surface area contributed by atoms with E-state index in [2.05, 4.69) is 28.9 Å². The zero-order valence-electron chi connectivity index (χ0n) is 9.57. The zero-order chi connectivity index (χ0) is 10.7. The van der Waals surface area contributed by atoms with Crippen LogP contribution in [0.2, 0.25) is 0 Å². The predicted octanol–water partition coefficient (Wildman–Crippen LogP) is 2.18. The molecule has 0 aliphatic carbocycles. The van der Waals surface area contributed by atoms with Crippen molar-refractivity contribution in [3.05, 3.63) is 11.7 Å². The van der Waals surface area contributed by atoms with Gasteiger partial charge in [0.1, 0.15) is 0 Å². The SMILES string of the molecule is CC(C)c1nc(CN2CCCCC2)no1. The molecule has 1 saturated heterocycles. The molecule has 0 atom stereocenters. The van der Waals surface area contributed by atoms with E-state index >= 15 is 0 Å². The minimum Gasteiger partial charge on any atom is -0.339 e. The molecule has 84 valence electrons. The standard InChI is InChI=1S/C11H19N3O/c1-9(2)11-12-10(13-15-11)8-14-6-4-3-5-7-14/h9H,3-8H2,1-2H3. The van der Waals surface area contributed by atoms with Crippen molar-refractivity contribution < 1.29 is 4.52 Å². The van der Waals surface area contributed by atoms with E-state index in [4.69, 9.17) is 4.52 Å². The predicted molar refractivity (Wildman–Crippen MR) is 57.5 cm³/mol. The third-order valence-corrected chi connectivity index (χ3v) is 2.79. The molecule has 1 aliphatic heterocycles. The molecule has 0 aromatic carbocycles. The third-order valence-electron chi connectivity index (χ3n) is 2.79. The van der Waals surface area contributed by atoms with Crippen LogP contribution in [0, 0.1) is 0 Å². The Bertz CT molecular complexity index is 303. The molecule has 0 amide bonds. The van der Waals surface area contributed by atoms with Gasteiger partial charge in [-0.2, -0.15) is 4.98 Å². The quantitative estimate of drug-likeness (QED) is 0.765. The van der Waals surface area contributed by atoms with Gasteiger partial charge in [-0.15, -0.1) is 0 Å². The molecule has 1 fully saturated rings. The van der Waals surface area contributed by atoms with Crippen molar-refractivity contribution in [1.29, 1.82) is 0 Å². The summed E-state index contributed by atoms with van der Waals surface area (Å²) in [5, 5.41) is 4.00. The van der Waals surface area contributed by atoms with Crippen LogP contribution in [0.1, 0.15) is 50.7 Å². The molecule has 0 radical (unpaired) electrons.